The second-order valence-electron chi connectivity index (χ2n) is 5.35. The van der Waals surface area contributed by atoms with Crippen molar-refractivity contribution in [2.24, 2.45) is 0 Å². The monoisotopic (exact) mass is 363 g/mol. The first kappa shape index (κ1) is 19.4. The number of hydrogen-bond donors (Lipinski definition) is 1. The van der Waals surface area contributed by atoms with Gasteiger partial charge in [-0.2, -0.15) is 0 Å². The van der Waals surface area contributed by atoms with Crippen LogP contribution in [0.1, 0.15) is 18.9 Å². The fourth-order valence-corrected chi connectivity index (χ4v) is 2.25. The maximum absolute atomic E-state index is 13.4. The van der Waals surface area contributed by atoms with Crippen molar-refractivity contribution < 1.29 is 27.8 Å². The predicted octanol–water partition coefficient (Wildman–Crippen LogP) is 3.48. The Balaban J connectivity index is 1.81. The highest BCUT2D eigenvalue weighted by Gasteiger charge is 2.14. The lowest BCUT2D eigenvalue weighted by atomic mass is 10.1. The molecule has 138 valence electrons. The average molecular weight is 363 g/mol. The Morgan fingerprint density at radius 3 is 2.42 bits per heavy atom. The van der Waals surface area contributed by atoms with Gasteiger partial charge in [-0.1, -0.05) is 24.3 Å². The third kappa shape index (κ3) is 5.54. The highest BCUT2D eigenvalue weighted by Crippen LogP contribution is 2.20. The van der Waals surface area contributed by atoms with E-state index < -0.39 is 35.8 Å². The van der Waals surface area contributed by atoms with E-state index in [9.17, 15) is 18.4 Å². The lowest BCUT2D eigenvalue weighted by Crippen LogP contribution is -2.22. The van der Waals surface area contributed by atoms with Crippen molar-refractivity contribution in [2.45, 2.75) is 19.8 Å². The van der Waals surface area contributed by atoms with E-state index in [4.69, 9.17) is 9.47 Å². The predicted molar refractivity (Wildman–Crippen MR) is 91.9 cm³/mol. The summed E-state index contributed by atoms with van der Waals surface area (Å²) in [5.41, 5.74) is 0.281. The fraction of sp³-hybridized carbons (Fsp3) is 0.263. The molecule has 0 atom stereocenters. The third-order valence-corrected chi connectivity index (χ3v) is 3.46. The van der Waals surface area contributed by atoms with Crippen molar-refractivity contribution in [2.75, 3.05) is 18.5 Å². The topological polar surface area (TPSA) is 64.6 Å². The molecule has 0 bridgehead atoms. The van der Waals surface area contributed by atoms with Crippen molar-refractivity contribution in [1.29, 1.82) is 0 Å². The van der Waals surface area contributed by atoms with Crippen LogP contribution in [0.3, 0.4) is 0 Å². The number of carbonyl (C=O) groups is 2. The summed E-state index contributed by atoms with van der Waals surface area (Å²) in [5, 5.41) is 2.05. The molecule has 0 aromatic heterocycles. The highest BCUT2D eigenvalue weighted by atomic mass is 19.1. The van der Waals surface area contributed by atoms with Gasteiger partial charge in [-0.3, -0.25) is 9.59 Å². The summed E-state index contributed by atoms with van der Waals surface area (Å²) in [6.45, 7) is 1.75. The summed E-state index contributed by atoms with van der Waals surface area (Å²) in [4.78, 5) is 23.5. The molecule has 0 saturated heterocycles. The molecule has 2 rings (SSSR count). The van der Waals surface area contributed by atoms with Gasteiger partial charge in [0.05, 0.1) is 6.61 Å². The minimum atomic E-state index is -0.905. The van der Waals surface area contributed by atoms with E-state index in [2.05, 4.69) is 0 Å². The molecule has 7 heteroatoms. The summed E-state index contributed by atoms with van der Waals surface area (Å²) in [6.07, 6.45) is 0.435. The number of aryl methyl sites for hydroxylation is 1. The number of rotatable bonds is 8. The van der Waals surface area contributed by atoms with Crippen LogP contribution >= 0.6 is 0 Å². The molecule has 0 fully saturated rings. The van der Waals surface area contributed by atoms with Crippen LogP contribution in [0, 0.1) is 11.6 Å². The van der Waals surface area contributed by atoms with Gasteiger partial charge in [-0.25, -0.2) is 8.78 Å². The smallest absolute Gasteiger partial charge is 0.306 e. The van der Waals surface area contributed by atoms with E-state index in [0.29, 0.717) is 18.8 Å². The quantitative estimate of drug-likeness (QED) is 0.730. The number of amides is 1. The Morgan fingerprint density at radius 1 is 1.04 bits per heavy atom. The molecule has 0 unspecified atom stereocenters. The van der Waals surface area contributed by atoms with Crippen molar-refractivity contribution in [3.8, 4) is 5.75 Å². The van der Waals surface area contributed by atoms with Gasteiger partial charge in [0.15, 0.2) is 6.61 Å². The third-order valence-electron chi connectivity index (χ3n) is 3.46. The summed E-state index contributed by atoms with van der Waals surface area (Å²) < 4.78 is 37.2. The summed E-state index contributed by atoms with van der Waals surface area (Å²) in [6, 6.07) is 10.5. The second kappa shape index (κ2) is 9.50. The van der Waals surface area contributed by atoms with E-state index in [1.807, 2.05) is 30.4 Å². The zero-order valence-electron chi connectivity index (χ0n) is 14.3. The zero-order valence-corrected chi connectivity index (χ0v) is 14.3. The molecular weight excluding hydrogens is 344 g/mol. The standard InChI is InChI=1S/C19H19F2NO4/c1-2-25-16-9-4-3-6-13(16)10-11-18(24)26-12-17(23)22-19-14(20)7-5-8-15(19)21/h3-9H,2,10-12H2,1H3,(H,22,23). The SMILES string of the molecule is CCOc1ccccc1CCC(=O)OCC(=O)Nc1c(F)cccc1F. The maximum Gasteiger partial charge on any atom is 0.306 e. The van der Waals surface area contributed by atoms with Crippen LogP contribution in [0.15, 0.2) is 42.5 Å². The number of carbonyl (C=O) groups excluding carboxylic acids is 2. The largest absolute Gasteiger partial charge is 0.494 e. The summed E-state index contributed by atoms with van der Waals surface area (Å²) in [5.74, 6) is -2.54. The zero-order chi connectivity index (χ0) is 18.9. The van der Waals surface area contributed by atoms with Gasteiger partial charge in [-0.15, -0.1) is 0 Å². The maximum atomic E-state index is 13.4. The number of benzene rings is 2. The van der Waals surface area contributed by atoms with Crippen LogP contribution < -0.4 is 10.1 Å². The number of ether oxygens (including phenoxy) is 2. The minimum Gasteiger partial charge on any atom is -0.494 e. The molecule has 0 aliphatic heterocycles. The number of nitrogens with one attached hydrogen (secondary N) is 1. The van der Waals surface area contributed by atoms with E-state index in [1.54, 1.807) is 6.07 Å². The van der Waals surface area contributed by atoms with Crippen molar-refractivity contribution in [1.82, 2.24) is 0 Å². The average Bonchev–Trinajstić information content (AvgIpc) is 2.62. The Bertz CT molecular complexity index is 760. The van der Waals surface area contributed by atoms with E-state index in [-0.39, 0.29) is 6.42 Å². The van der Waals surface area contributed by atoms with Crippen LogP contribution in [0.25, 0.3) is 0 Å². The molecule has 1 N–H and O–H groups in total. The van der Waals surface area contributed by atoms with Gasteiger partial charge in [0, 0.05) is 6.42 Å². The molecule has 0 saturated carbocycles. The lowest BCUT2D eigenvalue weighted by Gasteiger charge is -2.10. The van der Waals surface area contributed by atoms with Gasteiger partial charge in [0.25, 0.3) is 5.91 Å². The number of halogens is 2. The molecule has 2 aromatic rings. The van der Waals surface area contributed by atoms with Crippen LogP contribution in [0.4, 0.5) is 14.5 Å². The number of para-hydroxylation sites is 2. The van der Waals surface area contributed by atoms with Crippen molar-refractivity contribution in [3.05, 3.63) is 59.7 Å². The van der Waals surface area contributed by atoms with Crippen LogP contribution in [0.5, 0.6) is 5.75 Å². The number of anilines is 1. The summed E-state index contributed by atoms with van der Waals surface area (Å²) in [7, 11) is 0. The lowest BCUT2D eigenvalue weighted by molar-refractivity contribution is -0.147. The molecule has 1 amide bonds. The molecule has 5 nitrogen and oxygen atoms in total. The van der Waals surface area contributed by atoms with E-state index in [0.717, 1.165) is 17.7 Å². The Labute approximate surface area is 149 Å². The number of hydrogen-bond acceptors (Lipinski definition) is 4. The van der Waals surface area contributed by atoms with Gasteiger partial charge in [0.1, 0.15) is 23.1 Å². The van der Waals surface area contributed by atoms with Gasteiger partial charge in [-0.05, 0) is 37.1 Å². The van der Waals surface area contributed by atoms with Gasteiger partial charge < -0.3 is 14.8 Å². The minimum absolute atomic E-state index is 0.0471. The van der Waals surface area contributed by atoms with Crippen LogP contribution in [-0.2, 0) is 20.7 Å². The Hall–Kier alpha value is -2.96. The molecule has 0 aliphatic rings. The molecule has 0 heterocycles. The molecule has 2 aromatic carbocycles. The highest BCUT2D eigenvalue weighted by molar-refractivity contribution is 5.93. The van der Waals surface area contributed by atoms with Gasteiger partial charge >= 0.3 is 5.97 Å². The van der Waals surface area contributed by atoms with Gasteiger partial charge in [0.2, 0.25) is 0 Å². The first-order chi connectivity index (χ1) is 12.5. The van der Waals surface area contributed by atoms with E-state index in [1.165, 1.54) is 6.07 Å². The van der Waals surface area contributed by atoms with Crippen LogP contribution in [-0.4, -0.2) is 25.1 Å². The molecule has 0 aliphatic carbocycles. The summed E-state index contributed by atoms with van der Waals surface area (Å²) >= 11 is 0. The number of esters is 1. The normalized spacial score (nSPS) is 10.3. The molecule has 26 heavy (non-hydrogen) atoms. The molecular formula is C19H19F2NO4. The van der Waals surface area contributed by atoms with Crippen LogP contribution in [0.2, 0.25) is 0 Å². The van der Waals surface area contributed by atoms with Crippen molar-refractivity contribution in [3.63, 3.8) is 0 Å². The Kier molecular flexibility index (Phi) is 7.08. The molecule has 0 spiro atoms. The second-order valence-corrected chi connectivity index (χ2v) is 5.35. The first-order valence-electron chi connectivity index (χ1n) is 8.11. The first-order valence-corrected chi connectivity index (χ1v) is 8.11. The van der Waals surface area contributed by atoms with Crippen molar-refractivity contribution >= 4 is 17.6 Å². The fourth-order valence-electron chi connectivity index (χ4n) is 2.25. The Morgan fingerprint density at radius 2 is 1.73 bits per heavy atom. The van der Waals surface area contributed by atoms with E-state index >= 15 is 0 Å². The molecule has 0 radical (unpaired) electrons.